The second kappa shape index (κ2) is 2.79. The molecule has 0 aliphatic heterocycles. The topological polar surface area (TPSA) is 0 Å². The fourth-order valence-electron chi connectivity index (χ4n) is 1.84. The van der Waals surface area contributed by atoms with Crippen LogP contribution in [-0.4, -0.2) is 0 Å². The predicted octanol–water partition coefficient (Wildman–Crippen LogP) is 3.29. The summed E-state index contributed by atoms with van der Waals surface area (Å²) in [5.41, 5.74) is 2.50. The molecule has 0 saturated carbocycles. The van der Waals surface area contributed by atoms with Crippen LogP contribution in [0.1, 0.15) is 30.0 Å². The largest absolute Gasteiger partial charge is 0.270 e. The highest BCUT2D eigenvalue weighted by molar-refractivity contribution is 5.36. The zero-order chi connectivity index (χ0) is 9.47. The molecule has 1 aromatic rings. The fraction of sp³-hybridized carbons (Fsp3) is 0.455. The van der Waals surface area contributed by atoms with E-state index in [0.29, 0.717) is 0 Å². The number of rotatable bonds is 1. The number of aryl methyl sites for hydroxylation is 2. The third-order valence-electron chi connectivity index (χ3n) is 2.61. The number of alkyl halides is 2. The van der Waals surface area contributed by atoms with Gasteiger partial charge in [-0.15, -0.1) is 0 Å². The van der Waals surface area contributed by atoms with Gasteiger partial charge in [0.05, 0.1) is 0 Å². The maximum absolute atomic E-state index is 12.9. The smallest absolute Gasteiger partial charge is 0.202 e. The molecule has 0 radical (unpaired) electrons. The van der Waals surface area contributed by atoms with Gasteiger partial charge in [-0.2, -0.15) is 0 Å². The second-order valence-corrected chi connectivity index (χ2v) is 3.73. The van der Waals surface area contributed by atoms with Gasteiger partial charge in [0.25, 0.3) is 5.92 Å². The highest BCUT2D eigenvalue weighted by Crippen LogP contribution is 2.31. The first-order chi connectivity index (χ1) is 6.07. The summed E-state index contributed by atoms with van der Waals surface area (Å²) in [6.07, 6.45) is 3.11. The van der Waals surface area contributed by atoms with E-state index in [0.717, 1.165) is 31.7 Å². The van der Waals surface area contributed by atoms with E-state index in [1.165, 1.54) is 5.56 Å². The highest BCUT2D eigenvalue weighted by Gasteiger charge is 2.25. The van der Waals surface area contributed by atoms with Crippen LogP contribution in [0.4, 0.5) is 8.78 Å². The maximum Gasteiger partial charge on any atom is 0.270 e. The molecule has 0 spiro atoms. The van der Waals surface area contributed by atoms with E-state index >= 15 is 0 Å². The van der Waals surface area contributed by atoms with Crippen LogP contribution in [-0.2, 0) is 18.8 Å². The van der Waals surface area contributed by atoms with Gasteiger partial charge in [0, 0.05) is 12.5 Å². The summed E-state index contributed by atoms with van der Waals surface area (Å²) >= 11 is 0. The van der Waals surface area contributed by atoms with Crippen molar-refractivity contribution in [1.82, 2.24) is 0 Å². The Morgan fingerprint density at radius 3 is 2.54 bits per heavy atom. The number of fused-ring (bicyclic) bond motifs is 1. The van der Waals surface area contributed by atoms with Crippen molar-refractivity contribution in [3.63, 3.8) is 0 Å². The Hall–Kier alpha value is -0.920. The molecule has 0 bridgehead atoms. The average molecular weight is 182 g/mol. The highest BCUT2D eigenvalue weighted by atomic mass is 19.3. The van der Waals surface area contributed by atoms with Gasteiger partial charge in [-0.05, 0) is 36.5 Å². The van der Waals surface area contributed by atoms with Crippen LogP contribution in [0.3, 0.4) is 0 Å². The minimum Gasteiger partial charge on any atom is -0.202 e. The summed E-state index contributed by atoms with van der Waals surface area (Å²) in [4.78, 5) is 0. The minimum absolute atomic E-state index is 0.146. The van der Waals surface area contributed by atoms with Crippen molar-refractivity contribution < 1.29 is 8.78 Å². The number of benzene rings is 1. The van der Waals surface area contributed by atoms with Crippen molar-refractivity contribution in [3.05, 3.63) is 34.9 Å². The van der Waals surface area contributed by atoms with E-state index in [4.69, 9.17) is 0 Å². The summed E-state index contributed by atoms with van der Waals surface area (Å²) in [6.45, 7) is 0.948. The van der Waals surface area contributed by atoms with Gasteiger partial charge < -0.3 is 0 Å². The van der Waals surface area contributed by atoms with E-state index in [1.807, 2.05) is 6.07 Å². The maximum atomic E-state index is 12.9. The van der Waals surface area contributed by atoms with Gasteiger partial charge in [0.1, 0.15) is 0 Å². The van der Waals surface area contributed by atoms with Crippen LogP contribution >= 0.6 is 0 Å². The molecule has 0 N–H and O–H groups in total. The van der Waals surface area contributed by atoms with Crippen molar-refractivity contribution >= 4 is 0 Å². The SMILES string of the molecule is CC(F)(F)c1ccc2c(c1)CCC2. The summed E-state index contributed by atoms with van der Waals surface area (Å²) in [5.74, 6) is -2.70. The Bertz CT molecular complexity index is 323. The number of halogens is 2. The molecule has 13 heavy (non-hydrogen) atoms. The first-order valence-corrected chi connectivity index (χ1v) is 4.57. The van der Waals surface area contributed by atoms with Crippen LogP contribution in [0.2, 0.25) is 0 Å². The lowest BCUT2D eigenvalue weighted by atomic mass is 10.0. The van der Waals surface area contributed by atoms with Crippen molar-refractivity contribution in [2.75, 3.05) is 0 Å². The van der Waals surface area contributed by atoms with Crippen LogP contribution in [0, 0.1) is 0 Å². The molecule has 2 rings (SSSR count). The lowest BCUT2D eigenvalue weighted by Crippen LogP contribution is -2.07. The summed E-state index contributed by atoms with van der Waals surface area (Å²) in [7, 11) is 0. The standard InChI is InChI=1S/C11H12F2/c1-11(12,13)10-6-5-8-3-2-4-9(8)7-10/h5-7H,2-4H2,1H3. The van der Waals surface area contributed by atoms with E-state index in [2.05, 4.69) is 0 Å². The molecule has 0 aromatic heterocycles. The van der Waals surface area contributed by atoms with Crippen LogP contribution in [0.25, 0.3) is 0 Å². The zero-order valence-corrected chi connectivity index (χ0v) is 7.61. The molecule has 0 atom stereocenters. The Balaban J connectivity index is 2.42. The lowest BCUT2D eigenvalue weighted by molar-refractivity contribution is 0.0174. The van der Waals surface area contributed by atoms with Gasteiger partial charge in [0.2, 0.25) is 0 Å². The molecule has 0 nitrogen and oxygen atoms in total. The van der Waals surface area contributed by atoms with Gasteiger partial charge >= 0.3 is 0 Å². The molecular formula is C11H12F2. The third-order valence-corrected chi connectivity index (χ3v) is 2.61. The molecule has 2 heteroatoms. The summed E-state index contributed by atoms with van der Waals surface area (Å²) in [5, 5.41) is 0. The molecule has 0 heterocycles. The van der Waals surface area contributed by atoms with Crippen molar-refractivity contribution in [2.45, 2.75) is 32.1 Å². The van der Waals surface area contributed by atoms with Gasteiger partial charge in [-0.1, -0.05) is 12.1 Å². The second-order valence-electron chi connectivity index (χ2n) is 3.73. The first kappa shape index (κ1) is 8.67. The van der Waals surface area contributed by atoms with E-state index in [9.17, 15) is 8.78 Å². The van der Waals surface area contributed by atoms with Crippen molar-refractivity contribution in [2.24, 2.45) is 0 Å². The van der Waals surface area contributed by atoms with Gasteiger partial charge in [-0.25, -0.2) is 8.78 Å². The van der Waals surface area contributed by atoms with Crippen molar-refractivity contribution in [1.29, 1.82) is 0 Å². The van der Waals surface area contributed by atoms with Gasteiger partial charge in [0.15, 0.2) is 0 Å². The third kappa shape index (κ3) is 1.58. The fourth-order valence-corrected chi connectivity index (χ4v) is 1.84. The first-order valence-electron chi connectivity index (χ1n) is 4.57. The molecule has 1 aliphatic rings. The van der Waals surface area contributed by atoms with Gasteiger partial charge in [-0.3, -0.25) is 0 Å². The van der Waals surface area contributed by atoms with E-state index in [-0.39, 0.29) is 5.56 Å². The van der Waals surface area contributed by atoms with E-state index < -0.39 is 5.92 Å². The quantitative estimate of drug-likeness (QED) is 0.625. The Kier molecular flexibility index (Phi) is 1.86. The molecule has 70 valence electrons. The average Bonchev–Trinajstić information content (AvgIpc) is 2.47. The Morgan fingerprint density at radius 2 is 1.85 bits per heavy atom. The Morgan fingerprint density at radius 1 is 1.15 bits per heavy atom. The molecule has 0 unspecified atom stereocenters. The van der Waals surface area contributed by atoms with Crippen LogP contribution in [0.15, 0.2) is 18.2 Å². The normalized spacial score (nSPS) is 15.9. The molecule has 0 saturated heterocycles. The zero-order valence-electron chi connectivity index (χ0n) is 7.61. The number of hydrogen-bond donors (Lipinski definition) is 0. The predicted molar refractivity (Wildman–Crippen MR) is 48.0 cm³/mol. The molecule has 1 aliphatic carbocycles. The van der Waals surface area contributed by atoms with Crippen LogP contribution < -0.4 is 0 Å². The Labute approximate surface area is 76.6 Å². The lowest BCUT2D eigenvalue weighted by Gasteiger charge is -2.11. The van der Waals surface area contributed by atoms with Crippen molar-refractivity contribution in [3.8, 4) is 0 Å². The van der Waals surface area contributed by atoms with Crippen LogP contribution in [0.5, 0.6) is 0 Å². The van der Waals surface area contributed by atoms with E-state index in [1.54, 1.807) is 12.1 Å². The number of hydrogen-bond acceptors (Lipinski definition) is 0. The molecule has 0 amide bonds. The summed E-state index contributed by atoms with van der Waals surface area (Å²) in [6, 6.07) is 5.04. The summed E-state index contributed by atoms with van der Waals surface area (Å²) < 4.78 is 25.8. The molecule has 0 fully saturated rings. The monoisotopic (exact) mass is 182 g/mol. The molecule has 1 aromatic carbocycles. The minimum atomic E-state index is -2.70. The molecular weight excluding hydrogens is 170 g/mol.